The number of ether oxygens (including phenoxy) is 3. The van der Waals surface area contributed by atoms with Gasteiger partial charge in [0.1, 0.15) is 6.04 Å². The fourth-order valence-corrected chi connectivity index (χ4v) is 6.20. The van der Waals surface area contributed by atoms with Gasteiger partial charge in [0.25, 0.3) is 0 Å². The smallest absolute Gasteiger partial charge is 0.323 e. The Hall–Kier alpha value is -3.55. The number of benzene rings is 3. The highest BCUT2D eigenvalue weighted by Crippen LogP contribution is 2.44. The van der Waals surface area contributed by atoms with Gasteiger partial charge in [0.15, 0.2) is 11.5 Å². The molecule has 0 radical (unpaired) electrons. The van der Waals surface area contributed by atoms with Gasteiger partial charge in [-0.15, -0.1) is 0 Å². The molecule has 0 bridgehead atoms. The number of anilines is 1. The van der Waals surface area contributed by atoms with Crippen molar-refractivity contribution in [2.45, 2.75) is 64.3 Å². The average Bonchev–Trinajstić information content (AvgIpc) is 3.46. The lowest BCUT2D eigenvalue weighted by Crippen LogP contribution is -2.41. The Bertz CT molecular complexity index is 1410. The Morgan fingerprint density at radius 1 is 0.976 bits per heavy atom. The summed E-state index contributed by atoms with van der Waals surface area (Å²) >= 11 is 6.24. The lowest BCUT2D eigenvalue weighted by Gasteiger charge is -2.38. The summed E-state index contributed by atoms with van der Waals surface area (Å²) in [6, 6.07) is 19.1. The van der Waals surface area contributed by atoms with Crippen molar-refractivity contribution >= 4 is 29.2 Å². The second-order valence-electron chi connectivity index (χ2n) is 10.9. The molecule has 0 saturated carbocycles. The normalized spacial score (nSPS) is 19.7. The van der Waals surface area contributed by atoms with Crippen molar-refractivity contribution in [2.75, 3.05) is 25.7 Å². The van der Waals surface area contributed by atoms with E-state index in [1.54, 1.807) is 7.11 Å². The van der Waals surface area contributed by atoms with Crippen molar-refractivity contribution in [3.63, 3.8) is 0 Å². The van der Waals surface area contributed by atoms with Crippen LogP contribution in [0.5, 0.6) is 11.5 Å². The summed E-state index contributed by atoms with van der Waals surface area (Å²) in [7, 11) is 3.05. The first-order valence-electron chi connectivity index (χ1n) is 14.1. The fraction of sp³-hybridized carbons (Fsp3) is 0.394. The van der Waals surface area contributed by atoms with E-state index in [0.29, 0.717) is 16.5 Å². The lowest BCUT2D eigenvalue weighted by atomic mass is 9.86. The molecule has 3 atom stereocenters. The number of hydrogen-bond acceptors (Lipinski definition) is 6. The molecular formula is C33H37ClN2O5. The second kappa shape index (κ2) is 12.1. The van der Waals surface area contributed by atoms with Crippen molar-refractivity contribution < 1.29 is 23.8 Å². The molecule has 1 amide bonds. The summed E-state index contributed by atoms with van der Waals surface area (Å²) in [5, 5.41) is 0.631. The molecule has 0 unspecified atom stereocenters. The first kappa shape index (κ1) is 29.0. The van der Waals surface area contributed by atoms with Crippen molar-refractivity contribution in [1.82, 2.24) is 4.90 Å². The minimum absolute atomic E-state index is 0.0110. The van der Waals surface area contributed by atoms with E-state index in [2.05, 4.69) is 24.0 Å². The predicted molar refractivity (Wildman–Crippen MR) is 160 cm³/mol. The maximum absolute atomic E-state index is 13.8. The summed E-state index contributed by atoms with van der Waals surface area (Å²) in [5.41, 5.74) is 4.71. The highest BCUT2D eigenvalue weighted by molar-refractivity contribution is 6.30. The number of fused-ring (bicyclic) bond motifs is 1. The van der Waals surface area contributed by atoms with Gasteiger partial charge in [-0.1, -0.05) is 35.9 Å². The number of halogens is 1. The summed E-state index contributed by atoms with van der Waals surface area (Å²) in [6.45, 7) is 6.90. The highest BCUT2D eigenvalue weighted by atomic mass is 35.5. The topological polar surface area (TPSA) is 68.3 Å². The number of carbonyl (C=O) groups excluding carboxylic acids is 2. The van der Waals surface area contributed by atoms with E-state index in [4.69, 9.17) is 25.8 Å². The highest BCUT2D eigenvalue weighted by Gasteiger charge is 2.37. The number of esters is 1. The zero-order chi connectivity index (χ0) is 29.3. The van der Waals surface area contributed by atoms with Crippen LogP contribution in [0.4, 0.5) is 5.69 Å². The van der Waals surface area contributed by atoms with Crippen molar-refractivity contribution in [3.8, 4) is 11.5 Å². The van der Waals surface area contributed by atoms with Gasteiger partial charge in [0.2, 0.25) is 5.91 Å². The number of nitrogens with zero attached hydrogens (tertiary/aromatic N) is 2. The summed E-state index contributed by atoms with van der Waals surface area (Å²) in [4.78, 5) is 30.2. The van der Waals surface area contributed by atoms with Gasteiger partial charge >= 0.3 is 5.97 Å². The SMILES string of the molecule is COC(=O)[C@H]1CCCN1[C@@H](C)c1ccc(N2C(=O)Cc3cc(OC)c(OC(C)C)cc3[C@@H]2c2ccc(Cl)cc2)cc1. The number of hydrogen-bond donors (Lipinski definition) is 0. The number of methoxy groups -OCH3 is 2. The van der Waals surface area contributed by atoms with Gasteiger partial charge in [-0.25, -0.2) is 0 Å². The largest absolute Gasteiger partial charge is 0.493 e. The number of carbonyl (C=O) groups is 2. The molecule has 41 heavy (non-hydrogen) atoms. The van der Waals surface area contributed by atoms with E-state index < -0.39 is 0 Å². The number of likely N-dealkylation sites (tertiary alicyclic amines) is 1. The van der Waals surface area contributed by atoms with Gasteiger partial charge in [0.05, 0.1) is 32.8 Å². The summed E-state index contributed by atoms with van der Waals surface area (Å²) in [6.07, 6.45) is 1.96. The Balaban J connectivity index is 1.54. The molecule has 0 spiro atoms. The van der Waals surface area contributed by atoms with Crippen LogP contribution >= 0.6 is 11.6 Å². The first-order valence-corrected chi connectivity index (χ1v) is 14.5. The summed E-state index contributed by atoms with van der Waals surface area (Å²) in [5.74, 6) is 1.05. The predicted octanol–water partition coefficient (Wildman–Crippen LogP) is 6.51. The third-order valence-electron chi connectivity index (χ3n) is 8.06. The minimum atomic E-state index is -0.380. The van der Waals surface area contributed by atoms with E-state index >= 15 is 0 Å². The van der Waals surface area contributed by atoms with Crippen molar-refractivity contribution in [1.29, 1.82) is 0 Å². The third-order valence-corrected chi connectivity index (χ3v) is 8.31. The maximum Gasteiger partial charge on any atom is 0.323 e. The van der Waals surface area contributed by atoms with Crippen LogP contribution in [0.1, 0.15) is 68.0 Å². The Kier molecular flexibility index (Phi) is 8.57. The molecule has 216 valence electrons. The van der Waals surface area contributed by atoms with E-state index in [1.807, 2.05) is 67.3 Å². The molecule has 0 aliphatic carbocycles. The first-order chi connectivity index (χ1) is 19.7. The fourth-order valence-electron chi connectivity index (χ4n) is 6.08. The summed E-state index contributed by atoms with van der Waals surface area (Å²) < 4.78 is 16.8. The van der Waals surface area contributed by atoms with Crippen LogP contribution in [0.25, 0.3) is 0 Å². The molecule has 0 aromatic heterocycles. The zero-order valence-electron chi connectivity index (χ0n) is 24.2. The van der Waals surface area contributed by atoms with Gasteiger partial charge in [-0.3, -0.25) is 14.5 Å². The number of rotatable bonds is 8. The van der Waals surface area contributed by atoms with Gasteiger partial charge < -0.3 is 19.1 Å². The monoisotopic (exact) mass is 576 g/mol. The minimum Gasteiger partial charge on any atom is -0.493 e. The van der Waals surface area contributed by atoms with Gasteiger partial charge in [0, 0.05) is 16.8 Å². The van der Waals surface area contributed by atoms with Crippen LogP contribution in [-0.2, 0) is 20.7 Å². The lowest BCUT2D eigenvalue weighted by molar-refractivity contribution is -0.146. The molecule has 1 fully saturated rings. The van der Waals surface area contributed by atoms with Crippen LogP contribution in [0, 0.1) is 0 Å². The van der Waals surface area contributed by atoms with E-state index in [9.17, 15) is 9.59 Å². The van der Waals surface area contributed by atoms with E-state index in [1.165, 1.54) is 7.11 Å². The molecule has 2 aliphatic heterocycles. The maximum atomic E-state index is 13.8. The van der Waals surface area contributed by atoms with Gasteiger partial charge in [-0.05, 0) is 98.8 Å². The average molecular weight is 577 g/mol. The van der Waals surface area contributed by atoms with E-state index in [0.717, 1.165) is 47.3 Å². The van der Waals surface area contributed by atoms with Crippen molar-refractivity contribution in [2.24, 2.45) is 0 Å². The molecule has 2 aliphatic rings. The zero-order valence-corrected chi connectivity index (χ0v) is 25.0. The molecule has 8 heteroatoms. The van der Waals surface area contributed by atoms with Crippen LogP contribution < -0.4 is 14.4 Å². The quantitative estimate of drug-likeness (QED) is 0.285. The third kappa shape index (κ3) is 5.79. The van der Waals surface area contributed by atoms with Crippen LogP contribution in [-0.4, -0.2) is 49.7 Å². The van der Waals surface area contributed by atoms with Crippen LogP contribution in [0.2, 0.25) is 5.02 Å². The van der Waals surface area contributed by atoms with E-state index in [-0.39, 0.29) is 42.5 Å². The Morgan fingerprint density at radius 2 is 1.68 bits per heavy atom. The second-order valence-corrected chi connectivity index (χ2v) is 11.4. The molecular weight excluding hydrogens is 540 g/mol. The molecule has 7 nitrogen and oxygen atoms in total. The standard InChI is InChI=1S/C33H37ClN2O5/c1-20(2)41-30-19-27-24(17-29(30)39-4)18-31(37)36(32(27)23-8-12-25(34)13-9-23)26-14-10-22(11-15-26)21(3)35-16-6-7-28(35)33(38)40-5/h8-15,17,19-21,28,32H,6-7,16,18H2,1-5H3/t21-,28+,32-/m0/s1. The molecule has 3 aromatic carbocycles. The molecule has 0 N–H and O–H groups in total. The van der Waals surface area contributed by atoms with Crippen LogP contribution in [0.3, 0.4) is 0 Å². The van der Waals surface area contributed by atoms with Crippen molar-refractivity contribution in [3.05, 3.63) is 87.9 Å². The molecule has 1 saturated heterocycles. The van der Waals surface area contributed by atoms with Crippen LogP contribution in [0.15, 0.2) is 60.7 Å². The molecule has 5 rings (SSSR count). The Labute approximate surface area is 246 Å². The Morgan fingerprint density at radius 3 is 2.32 bits per heavy atom. The number of amides is 1. The molecule has 2 heterocycles. The molecule has 3 aromatic rings. The van der Waals surface area contributed by atoms with Gasteiger partial charge in [-0.2, -0.15) is 0 Å².